The van der Waals surface area contributed by atoms with Crippen LogP contribution in [0.5, 0.6) is 0 Å². The van der Waals surface area contributed by atoms with E-state index in [1.165, 1.54) is 17.3 Å². The Balaban J connectivity index is 1.42. The number of piperazine rings is 1. The van der Waals surface area contributed by atoms with Crippen LogP contribution in [0.2, 0.25) is 0 Å². The number of hydrogen-bond acceptors (Lipinski definition) is 6. The molecular formula is C27H34N4O3S. The van der Waals surface area contributed by atoms with E-state index in [-0.39, 0.29) is 16.7 Å². The van der Waals surface area contributed by atoms with E-state index in [0.717, 1.165) is 19.6 Å². The molecule has 1 aliphatic heterocycles. The fourth-order valence-corrected chi connectivity index (χ4v) is 5.36. The molecule has 1 aliphatic rings. The number of para-hydroxylation sites is 1. The van der Waals surface area contributed by atoms with Gasteiger partial charge in [-0.1, -0.05) is 54.2 Å². The summed E-state index contributed by atoms with van der Waals surface area (Å²) in [6, 6.07) is 17.8. The largest absolute Gasteiger partial charge is 0.382 e. The molecule has 8 heteroatoms. The van der Waals surface area contributed by atoms with Crippen molar-refractivity contribution in [3.8, 4) is 0 Å². The Hall–Kier alpha value is -2.68. The molecule has 1 saturated heterocycles. The molecule has 7 nitrogen and oxygen atoms in total. The number of nitrogens with zero attached hydrogens (tertiary/aromatic N) is 4. The van der Waals surface area contributed by atoms with E-state index < -0.39 is 0 Å². The normalized spacial score (nSPS) is 15.4. The van der Waals surface area contributed by atoms with Gasteiger partial charge in [-0.05, 0) is 38.0 Å². The average Bonchev–Trinajstić information content (AvgIpc) is 2.88. The summed E-state index contributed by atoms with van der Waals surface area (Å²) in [6.45, 7) is 9.65. The minimum absolute atomic E-state index is 0.0660. The van der Waals surface area contributed by atoms with E-state index in [4.69, 9.17) is 9.72 Å². The SMILES string of the molecule is CCOCCCn1c(SC(C)C(=O)N2CCN(Cc3ccccc3)CC2)nc2ccccc2c1=O. The van der Waals surface area contributed by atoms with Crippen molar-refractivity contribution < 1.29 is 9.53 Å². The number of fused-ring (bicyclic) bond motifs is 1. The van der Waals surface area contributed by atoms with Crippen molar-refractivity contribution in [2.24, 2.45) is 0 Å². The molecule has 1 atom stereocenters. The minimum atomic E-state index is -0.332. The molecule has 0 spiro atoms. The molecule has 0 saturated carbocycles. The minimum Gasteiger partial charge on any atom is -0.382 e. The molecule has 35 heavy (non-hydrogen) atoms. The summed E-state index contributed by atoms with van der Waals surface area (Å²) in [5.41, 5.74) is 1.89. The van der Waals surface area contributed by atoms with Crippen molar-refractivity contribution in [1.82, 2.24) is 19.4 Å². The average molecular weight is 495 g/mol. The van der Waals surface area contributed by atoms with Gasteiger partial charge in [0.15, 0.2) is 5.16 Å². The zero-order chi connectivity index (χ0) is 24.6. The van der Waals surface area contributed by atoms with Gasteiger partial charge in [-0.3, -0.25) is 19.1 Å². The highest BCUT2D eigenvalue weighted by atomic mass is 32.2. The number of ether oxygens (including phenoxy) is 1. The van der Waals surface area contributed by atoms with Gasteiger partial charge >= 0.3 is 0 Å². The third-order valence-corrected chi connectivity index (χ3v) is 7.34. The van der Waals surface area contributed by atoms with Crippen LogP contribution in [0.1, 0.15) is 25.8 Å². The summed E-state index contributed by atoms with van der Waals surface area (Å²) in [4.78, 5) is 35.6. The first-order valence-corrected chi connectivity index (χ1v) is 13.2. The summed E-state index contributed by atoms with van der Waals surface area (Å²) in [5, 5.41) is 0.859. The second-order valence-corrected chi connectivity index (χ2v) is 10.1. The highest BCUT2D eigenvalue weighted by molar-refractivity contribution is 8.00. The Morgan fingerprint density at radius 2 is 1.77 bits per heavy atom. The lowest BCUT2D eigenvalue weighted by Crippen LogP contribution is -2.50. The van der Waals surface area contributed by atoms with Crippen LogP contribution in [0.25, 0.3) is 10.9 Å². The van der Waals surface area contributed by atoms with E-state index in [0.29, 0.717) is 55.3 Å². The van der Waals surface area contributed by atoms with Crippen molar-refractivity contribution >= 4 is 28.6 Å². The number of benzene rings is 2. The molecule has 1 amide bonds. The van der Waals surface area contributed by atoms with Gasteiger partial charge in [-0.25, -0.2) is 4.98 Å². The molecule has 0 N–H and O–H groups in total. The van der Waals surface area contributed by atoms with Gasteiger partial charge in [0, 0.05) is 52.5 Å². The van der Waals surface area contributed by atoms with Crippen LogP contribution in [0.3, 0.4) is 0 Å². The number of carbonyl (C=O) groups is 1. The quantitative estimate of drug-likeness (QED) is 0.244. The lowest BCUT2D eigenvalue weighted by Gasteiger charge is -2.35. The summed E-state index contributed by atoms with van der Waals surface area (Å²) in [5.74, 6) is 0.0950. The summed E-state index contributed by atoms with van der Waals surface area (Å²) >= 11 is 1.37. The standard InChI is InChI=1S/C27H34N4O3S/c1-3-34-19-9-14-31-26(33)23-12-7-8-13-24(23)28-27(31)35-21(2)25(32)30-17-15-29(16-18-30)20-22-10-5-4-6-11-22/h4-8,10-13,21H,3,9,14-20H2,1-2H3. The van der Waals surface area contributed by atoms with Crippen LogP contribution >= 0.6 is 11.8 Å². The number of hydrogen-bond donors (Lipinski definition) is 0. The molecule has 3 aromatic rings. The Kier molecular flexibility index (Phi) is 8.95. The fraction of sp³-hybridized carbons (Fsp3) is 0.444. The molecule has 0 radical (unpaired) electrons. The zero-order valence-electron chi connectivity index (χ0n) is 20.6. The van der Waals surface area contributed by atoms with E-state index in [1.54, 1.807) is 4.57 Å². The van der Waals surface area contributed by atoms with E-state index in [9.17, 15) is 9.59 Å². The second kappa shape index (κ2) is 12.3. The highest BCUT2D eigenvalue weighted by Crippen LogP contribution is 2.25. The molecule has 4 rings (SSSR count). The summed E-state index contributed by atoms with van der Waals surface area (Å²) < 4.78 is 7.16. The van der Waals surface area contributed by atoms with Crippen LogP contribution in [0.15, 0.2) is 64.5 Å². The number of amides is 1. The molecule has 1 aromatic heterocycles. The first kappa shape index (κ1) is 25.4. The molecule has 1 fully saturated rings. The maximum absolute atomic E-state index is 13.3. The maximum atomic E-state index is 13.3. The van der Waals surface area contributed by atoms with Crippen molar-refractivity contribution in [2.45, 2.75) is 43.8 Å². The van der Waals surface area contributed by atoms with Crippen LogP contribution < -0.4 is 5.56 Å². The van der Waals surface area contributed by atoms with Crippen molar-refractivity contribution in [1.29, 1.82) is 0 Å². The molecule has 0 bridgehead atoms. The van der Waals surface area contributed by atoms with Gasteiger partial charge in [-0.2, -0.15) is 0 Å². The fourth-order valence-electron chi connectivity index (χ4n) is 4.34. The van der Waals surface area contributed by atoms with E-state index >= 15 is 0 Å². The van der Waals surface area contributed by atoms with Gasteiger partial charge in [0.2, 0.25) is 5.91 Å². The van der Waals surface area contributed by atoms with Crippen LogP contribution in [-0.4, -0.2) is 69.9 Å². The molecule has 186 valence electrons. The predicted molar refractivity (Wildman–Crippen MR) is 141 cm³/mol. The zero-order valence-corrected chi connectivity index (χ0v) is 21.4. The lowest BCUT2D eigenvalue weighted by atomic mass is 10.2. The first-order valence-electron chi connectivity index (χ1n) is 12.4. The van der Waals surface area contributed by atoms with E-state index in [1.807, 2.05) is 49.1 Å². The van der Waals surface area contributed by atoms with Crippen LogP contribution in [-0.2, 0) is 22.6 Å². The number of carbonyl (C=O) groups excluding carboxylic acids is 1. The topological polar surface area (TPSA) is 67.7 Å². The lowest BCUT2D eigenvalue weighted by molar-refractivity contribution is -0.132. The Morgan fingerprint density at radius 1 is 1.06 bits per heavy atom. The van der Waals surface area contributed by atoms with Crippen LogP contribution in [0, 0.1) is 0 Å². The summed E-state index contributed by atoms with van der Waals surface area (Å²) in [6.07, 6.45) is 0.715. The molecule has 2 heterocycles. The van der Waals surface area contributed by atoms with Crippen molar-refractivity contribution in [3.63, 3.8) is 0 Å². The van der Waals surface area contributed by atoms with Crippen molar-refractivity contribution in [2.75, 3.05) is 39.4 Å². The van der Waals surface area contributed by atoms with Crippen molar-refractivity contribution in [3.05, 3.63) is 70.5 Å². The Labute approximate surface area is 211 Å². The predicted octanol–water partition coefficient (Wildman–Crippen LogP) is 3.65. The van der Waals surface area contributed by atoms with Gasteiger partial charge < -0.3 is 9.64 Å². The third-order valence-electron chi connectivity index (χ3n) is 6.26. The number of aromatic nitrogens is 2. The van der Waals surface area contributed by atoms with Gasteiger partial charge in [0.1, 0.15) is 0 Å². The number of rotatable bonds is 10. The smallest absolute Gasteiger partial charge is 0.262 e. The molecule has 2 aromatic carbocycles. The molecular weight excluding hydrogens is 460 g/mol. The van der Waals surface area contributed by atoms with Crippen LogP contribution in [0.4, 0.5) is 0 Å². The monoisotopic (exact) mass is 494 g/mol. The summed E-state index contributed by atoms with van der Waals surface area (Å²) in [7, 11) is 0. The number of thioether (sulfide) groups is 1. The maximum Gasteiger partial charge on any atom is 0.262 e. The van der Waals surface area contributed by atoms with Gasteiger partial charge in [0.05, 0.1) is 16.2 Å². The highest BCUT2D eigenvalue weighted by Gasteiger charge is 2.27. The Morgan fingerprint density at radius 3 is 2.51 bits per heavy atom. The third kappa shape index (κ3) is 6.51. The van der Waals surface area contributed by atoms with E-state index in [2.05, 4.69) is 29.2 Å². The molecule has 1 unspecified atom stereocenters. The van der Waals surface area contributed by atoms with Gasteiger partial charge in [-0.15, -0.1) is 0 Å². The molecule has 0 aliphatic carbocycles. The van der Waals surface area contributed by atoms with Gasteiger partial charge in [0.25, 0.3) is 5.56 Å². The first-order chi connectivity index (χ1) is 17.1. The Bertz CT molecular complexity index is 1180. The second-order valence-electron chi connectivity index (χ2n) is 8.77.